The summed E-state index contributed by atoms with van der Waals surface area (Å²) in [4.78, 5) is 19.1. The van der Waals surface area contributed by atoms with Crippen molar-refractivity contribution in [3.8, 4) is 5.75 Å². The van der Waals surface area contributed by atoms with Crippen molar-refractivity contribution in [1.29, 1.82) is 0 Å². The van der Waals surface area contributed by atoms with Crippen LogP contribution in [0.25, 0.3) is 0 Å². The highest BCUT2D eigenvalue weighted by atomic mass is 16.5. The minimum atomic E-state index is -0.220. The molecule has 3 heterocycles. The summed E-state index contributed by atoms with van der Waals surface area (Å²) in [6.45, 7) is 1.26. The monoisotopic (exact) mass is 391 g/mol. The molecule has 0 unspecified atom stereocenters. The van der Waals surface area contributed by atoms with Gasteiger partial charge >= 0.3 is 0 Å². The normalized spacial score (nSPS) is 10.8. The first-order chi connectivity index (χ1) is 14.2. The summed E-state index contributed by atoms with van der Waals surface area (Å²) in [6, 6.07) is 14.9. The molecule has 4 rings (SSSR count). The van der Waals surface area contributed by atoms with Crippen molar-refractivity contribution in [1.82, 2.24) is 14.5 Å². The molecule has 7 heteroatoms. The van der Waals surface area contributed by atoms with E-state index in [1.165, 1.54) is 6.26 Å². The number of carbonyl (C=O) groups excluding carboxylic acids is 1. The van der Waals surface area contributed by atoms with Crippen LogP contribution >= 0.6 is 0 Å². The molecule has 0 atom stereocenters. The fourth-order valence-electron chi connectivity index (χ4n) is 3.12. The lowest BCUT2D eigenvalue weighted by molar-refractivity contribution is 0.0678. The molecule has 0 aliphatic rings. The molecular formula is C22H21N3O4. The molecule has 0 spiro atoms. The quantitative estimate of drug-likeness (QED) is 0.454. The van der Waals surface area contributed by atoms with E-state index < -0.39 is 0 Å². The van der Waals surface area contributed by atoms with Crippen LogP contribution in [-0.2, 0) is 19.6 Å². The summed E-state index contributed by atoms with van der Waals surface area (Å²) in [5.74, 6) is 2.32. The summed E-state index contributed by atoms with van der Waals surface area (Å²) in [5, 5.41) is 0. The number of benzene rings is 1. The first kappa shape index (κ1) is 18.6. The van der Waals surface area contributed by atoms with Crippen LogP contribution in [0.1, 0.15) is 27.7 Å². The predicted octanol–water partition coefficient (Wildman–Crippen LogP) is 3.97. The molecule has 4 aromatic rings. The zero-order valence-corrected chi connectivity index (χ0v) is 16.0. The Balaban J connectivity index is 1.56. The zero-order chi connectivity index (χ0) is 20.1. The van der Waals surface area contributed by atoms with Crippen molar-refractivity contribution in [3.05, 3.63) is 96.4 Å². The molecular weight excluding hydrogens is 370 g/mol. The van der Waals surface area contributed by atoms with Crippen molar-refractivity contribution >= 4 is 5.91 Å². The third-order valence-electron chi connectivity index (χ3n) is 4.57. The number of ether oxygens (including phenoxy) is 1. The van der Waals surface area contributed by atoms with Crippen LogP contribution in [0.4, 0.5) is 0 Å². The Hall–Kier alpha value is -3.74. The minimum Gasteiger partial charge on any atom is -0.497 e. The van der Waals surface area contributed by atoms with Crippen LogP contribution in [0.15, 0.2) is 82.3 Å². The van der Waals surface area contributed by atoms with Gasteiger partial charge in [-0.15, -0.1) is 0 Å². The Bertz CT molecular complexity index is 1050. The van der Waals surface area contributed by atoms with Crippen LogP contribution in [0, 0.1) is 0 Å². The molecule has 0 saturated heterocycles. The molecule has 29 heavy (non-hydrogen) atoms. The molecule has 3 aromatic heterocycles. The molecule has 0 aliphatic heterocycles. The topological polar surface area (TPSA) is 73.6 Å². The van der Waals surface area contributed by atoms with Crippen molar-refractivity contribution in [2.75, 3.05) is 7.11 Å². The van der Waals surface area contributed by atoms with E-state index in [0.717, 1.165) is 17.1 Å². The highest BCUT2D eigenvalue weighted by Crippen LogP contribution is 2.17. The third kappa shape index (κ3) is 4.40. The highest BCUT2D eigenvalue weighted by molar-refractivity contribution is 5.91. The predicted molar refractivity (Wildman–Crippen MR) is 105 cm³/mol. The van der Waals surface area contributed by atoms with E-state index in [1.54, 1.807) is 42.7 Å². The van der Waals surface area contributed by atoms with E-state index in [4.69, 9.17) is 13.6 Å². The van der Waals surface area contributed by atoms with Crippen LogP contribution in [-0.4, -0.2) is 27.5 Å². The second-order valence-corrected chi connectivity index (χ2v) is 6.54. The van der Waals surface area contributed by atoms with E-state index in [0.29, 0.717) is 25.4 Å². The van der Waals surface area contributed by atoms with E-state index >= 15 is 0 Å². The number of nitrogens with zero attached hydrogens (tertiary/aromatic N) is 3. The maximum absolute atomic E-state index is 12.9. The van der Waals surface area contributed by atoms with Crippen LogP contribution < -0.4 is 4.74 Å². The summed E-state index contributed by atoms with van der Waals surface area (Å²) in [5.41, 5.74) is 1.08. The molecule has 0 bridgehead atoms. The molecule has 0 saturated carbocycles. The second-order valence-electron chi connectivity index (χ2n) is 6.54. The standard InChI is InChI=1S/C22H21N3O4/c1-27-18-6-2-5-17(13-18)14-24-10-9-23-21(24)16-25(15-19-7-3-11-28-19)22(26)20-8-4-12-29-20/h2-13H,14-16H2,1H3. The molecule has 148 valence electrons. The smallest absolute Gasteiger partial charge is 0.290 e. The lowest BCUT2D eigenvalue weighted by atomic mass is 10.2. The van der Waals surface area contributed by atoms with Gasteiger partial charge in [0, 0.05) is 18.9 Å². The van der Waals surface area contributed by atoms with Gasteiger partial charge in [-0.05, 0) is 42.0 Å². The third-order valence-corrected chi connectivity index (χ3v) is 4.57. The average Bonchev–Trinajstić information content (AvgIpc) is 3.51. The number of carbonyl (C=O) groups is 1. The lowest BCUT2D eigenvalue weighted by Gasteiger charge is -2.21. The number of methoxy groups -OCH3 is 1. The first-order valence-corrected chi connectivity index (χ1v) is 9.21. The van der Waals surface area contributed by atoms with Gasteiger partial charge in [0.05, 0.1) is 32.7 Å². The molecule has 0 fully saturated rings. The molecule has 1 aromatic carbocycles. The highest BCUT2D eigenvalue weighted by Gasteiger charge is 2.22. The Morgan fingerprint density at radius 2 is 1.97 bits per heavy atom. The second kappa shape index (κ2) is 8.52. The number of hydrogen-bond acceptors (Lipinski definition) is 5. The van der Waals surface area contributed by atoms with Gasteiger partial charge < -0.3 is 23.0 Å². The summed E-state index contributed by atoms with van der Waals surface area (Å²) < 4.78 is 18.1. The Labute approximate surface area is 168 Å². The van der Waals surface area contributed by atoms with Crippen LogP contribution in [0.2, 0.25) is 0 Å². The number of amides is 1. The zero-order valence-electron chi connectivity index (χ0n) is 16.0. The Morgan fingerprint density at radius 3 is 2.72 bits per heavy atom. The summed E-state index contributed by atoms with van der Waals surface area (Å²) in [7, 11) is 1.65. The fraction of sp³-hybridized carbons (Fsp3) is 0.182. The number of furan rings is 2. The van der Waals surface area contributed by atoms with Gasteiger partial charge in [-0.1, -0.05) is 12.1 Å². The van der Waals surface area contributed by atoms with E-state index in [9.17, 15) is 4.79 Å². The lowest BCUT2D eigenvalue weighted by Crippen LogP contribution is -2.31. The van der Waals surface area contributed by atoms with Gasteiger partial charge in [0.1, 0.15) is 17.3 Å². The summed E-state index contributed by atoms with van der Waals surface area (Å²) >= 11 is 0. The minimum absolute atomic E-state index is 0.220. The number of aromatic nitrogens is 2. The fourth-order valence-corrected chi connectivity index (χ4v) is 3.12. The molecule has 0 aliphatic carbocycles. The molecule has 1 amide bonds. The Morgan fingerprint density at radius 1 is 1.10 bits per heavy atom. The maximum Gasteiger partial charge on any atom is 0.290 e. The van der Waals surface area contributed by atoms with Crippen molar-refractivity contribution in [2.24, 2.45) is 0 Å². The molecule has 0 radical (unpaired) electrons. The number of rotatable bonds is 8. The molecule has 0 N–H and O–H groups in total. The first-order valence-electron chi connectivity index (χ1n) is 9.21. The van der Waals surface area contributed by atoms with Crippen molar-refractivity contribution in [2.45, 2.75) is 19.6 Å². The van der Waals surface area contributed by atoms with Crippen LogP contribution in [0.3, 0.4) is 0 Å². The van der Waals surface area contributed by atoms with E-state index in [-0.39, 0.29) is 11.7 Å². The SMILES string of the molecule is COc1cccc(Cn2ccnc2CN(Cc2ccco2)C(=O)c2ccco2)c1. The average molecular weight is 391 g/mol. The van der Waals surface area contributed by atoms with E-state index in [1.807, 2.05) is 41.1 Å². The van der Waals surface area contributed by atoms with Gasteiger partial charge in [0.2, 0.25) is 0 Å². The van der Waals surface area contributed by atoms with Crippen molar-refractivity contribution < 1.29 is 18.4 Å². The summed E-state index contributed by atoms with van der Waals surface area (Å²) in [6.07, 6.45) is 6.71. The van der Waals surface area contributed by atoms with Gasteiger partial charge in [-0.2, -0.15) is 0 Å². The largest absolute Gasteiger partial charge is 0.497 e. The van der Waals surface area contributed by atoms with Gasteiger partial charge in [-0.3, -0.25) is 4.79 Å². The Kier molecular flexibility index (Phi) is 5.47. The maximum atomic E-state index is 12.9. The number of imidazole rings is 1. The van der Waals surface area contributed by atoms with Gasteiger partial charge in [0.15, 0.2) is 5.76 Å². The molecule has 7 nitrogen and oxygen atoms in total. The van der Waals surface area contributed by atoms with Crippen LogP contribution in [0.5, 0.6) is 5.75 Å². The van der Waals surface area contributed by atoms with Gasteiger partial charge in [0.25, 0.3) is 5.91 Å². The van der Waals surface area contributed by atoms with Crippen molar-refractivity contribution in [3.63, 3.8) is 0 Å². The number of hydrogen-bond donors (Lipinski definition) is 0. The van der Waals surface area contributed by atoms with Gasteiger partial charge in [-0.25, -0.2) is 4.98 Å². The van der Waals surface area contributed by atoms with E-state index in [2.05, 4.69) is 4.98 Å².